The van der Waals surface area contributed by atoms with Crippen LogP contribution in [0.25, 0.3) is 0 Å². The minimum Gasteiger partial charge on any atom is -0.483 e. The van der Waals surface area contributed by atoms with Crippen molar-refractivity contribution in [3.8, 4) is 5.75 Å². The Balaban J connectivity index is 1.58. The van der Waals surface area contributed by atoms with E-state index >= 15 is 0 Å². The molecule has 0 aromatic heterocycles. The van der Waals surface area contributed by atoms with Gasteiger partial charge >= 0.3 is 0 Å². The van der Waals surface area contributed by atoms with E-state index in [4.69, 9.17) is 4.74 Å². The average molecular weight is 401 g/mol. The highest BCUT2D eigenvalue weighted by Gasteiger charge is 2.26. The number of benzene rings is 2. The number of allylic oxidation sites excluding steroid dienone is 1. The predicted molar refractivity (Wildman–Crippen MR) is 109 cm³/mol. The zero-order chi connectivity index (χ0) is 20.0. The molecule has 0 atom stereocenters. The van der Waals surface area contributed by atoms with E-state index in [0.29, 0.717) is 30.9 Å². The summed E-state index contributed by atoms with van der Waals surface area (Å²) in [4.78, 5) is 12.4. The SMILES string of the molecule is C=CCc1ccccc1OCC(=O)Nc1ccc(S(=O)(=O)N2CCCC2)cc1. The fourth-order valence-corrected chi connectivity index (χ4v) is 4.61. The highest BCUT2D eigenvalue weighted by molar-refractivity contribution is 7.89. The lowest BCUT2D eigenvalue weighted by Gasteiger charge is -2.15. The molecular weight excluding hydrogens is 376 g/mol. The van der Waals surface area contributed by atoms with Gasteiger partial charge in [-0.25, -0.2) is 8.42 Å². The zero-order valence-electron chi connectivity index (χ0n) is 15.6. The van der Waals surface area contributed by atoms with Crippen LogP contribution in [0.1, 0.15) is 18.4 Å². The predicted octanol–water partition coefficient (Wildman–Crippen LogP) is 3.22. The number of ether oxygens (including phenoxy) is 1. The number of hydrogen-bond donors (Lipinski definition) is 1. The Hall–Kier alpha value is -2.64. The first-order valence-electron chi connectivity index (χ1n) is 9.22. The summed E-state index contributed by atoms with van der Waals surface area (Å²) in [5.74, 6) is 0.327. The van der Waals surface area contributed by atoms with Crippen LogP contribution in [-0.2, 0) is 21.2 Å². The summed E-state index contributed by atoms with van der Waals surface area (Å²) >= 11 is 0. The van der Waals surface area contributed by atoms with Gasteiger partial charge in [-0.05, 0) is 55.2 Å². The third-order valence-electron chi connectivity index (χ3n) is 4.54. The molecule has 0 bridgehead atoms. The number of para-hydroxylation sites is 1. The number of amides is 1. The van der Waals surface area contributed by atoms with Gasteiger partial charge in [-0.3, -0.25) is 4.79 Å². The van der Waals surface area contributed by atoms with Gasteiger partial charge in [-0.2, -0.15) is 4.31 Å². The largest absolute Gasteiger partial charge is 0.483 e. The Kier molecular flexibility index (Phi) is 6.49. The second-order valence-electron chi connectivity index (χ2n) is 6.57. The summed E-state index contributed by atoms with van der Waals surface area (Å²) in [5.41, 5.74) is 1.48. The van der Waals surface area contributed by atoms with Crippen molar-refractivity contribution in [1.82, 2.24) is 4.31 Å². The third kappa shape index (κ3) is 4.79. The van der Waals surface area contributed by atoms with Crippen LogP contribution in [0.15, 0.2) is 66.1 Å². The van der Waals surface area contributed by atoms with Crippen molar-refractivity contribution >= 4 is 21.6 Å². The van der Waals surface area contributed by atoms with Crippen LogP contribution in [0.2, 0.25) is 0 Å². The fourth-order valence-electron chi connectivity index (χ4n) is 3.10. The number of rotatable bonds is 8. The van der Waals surface area contributed by atoms with Gasteiger partial charge in [0.25, 0.3) is 5.91 Å². The van der Waals surface area contributed by atoms with E-state index in [9.17, 15) is 13.2 Å². The molecule has 148 valence electrons. The Morgan fingerprint density at radius 3 is 2.46 bits per heavy atom. The first-order chi connectivity index (χ1) is 13.5. The molecule has 6 nitrogen and oxygen atoms in total. The lowest BCUT2D eigenvalue weighted by molar-refractivity contribution is -0.118. The molecule has 1 amide bonds. The summed E-state index contributed by atoms with van der Waals surface area (Å²) in [6, 6.07) is 13.7. The van der Waals surface area contributed by atoms with E-state index in [1.165, 1.54) is 16.4 Å². The Morgan fingerprint density at radius 2 is 1.79 bits per heavy atom. The van der Waals surface area contributed by atoms with Crippen molar-refractivity contribution in [2.24, 2.45) is 0 Å². The second-order valence-corrected chi connectivity index (χ2v) is 8.51. The fraction of sp³-hybridized carbons (Fsp3) is 0.286. The molecule has 0 aliphatic carbocycles. The van der Waals surface area contributed by atoms with Crippen LogP contribution < -0.4 is 10.1 Å². The molecule has 1 saturated heterocycles. The lowest BCUT2D eigenvalue weighted by Crippen LogP contribution is -2.27. The van der Waals surface area contributed by atoms with Crippen LogP contribution in [-0.4, -0.2) is 38.3 Å². The topological polar surface area (TPSA) is 75.7 Å². The normalized spacial score (nSPS) is 14.6. The summed E-state index contributed by atoms with van der Waals surface area (Å²) in [5, 5.41) is 2.72. The molecule has 1 N–H and O–H groups in total. The van der Waals surface area contributed by atoms with Gasteiger partial charge in [0.2, 0.25) is 10.0 Å². The Bertz CT molecular complexity index is 933. The van der Waals surface area contributed by atoms with Gasteiger partial charge < -0.3 is 10.1 Å². The van der Waals surface area contributed by atoms with Gasteiger partial charge in [-0.1, -0.05) is 24.3 Å². The van der Waals surface area contributed by atoms with Crippen molar-refractivity contribution < 1.29 is 17.9 Å². The monoisotopic (exact) mass is 400 g/mol. The molecule has 7 heteroatoms. The molecule has 1 fully saturated rings. The first-order valence-corrected chi connectivity index (χ1v) is 10.7. The molecule has 0 radical (unpaired) electrons. The standard InChI is InChI=1S/C21H24N2O4S/c1-2-7-17-8-3-4-9-20(17)27-16-21(24)22-18-10-12-19(13-11-18)28(25,26)23-14-5-6-15-23/h2-4,8-13H,1,5-7,14-16H2,(H,22,24). The summed E-state index contributed by atoms with van der Waals surface area (Å²) < 4.78 is 32.2. The van der Waals surface area contributed by atoms with Crippen LogP contribution in [0, 0.1) is 0 Å². The number of hydrogen-bond acceptors (Lipinski definition) is 4. The van der Waals surface area contributed by atoms with E-state index in [1.807, 2.05) is 24.3 Å². The highest BCUT2D eigenvalue weighted by Crippen LogP contribution is 2.22. The number of carbonyl (C=O) groups is 1. The molecule has 1 aliphatic rings. The van der Waals surface area contributed by atoms with E-state index in [0.717, 1.165) is 18.4 Å². The van der Waals surface area contributed by atoms with Crippen LogP contribution >= 0.6 is 0 Å². The van der Waals surface area contributed by atoms with Crippen molar-refractivity contribution in [3.05, 3.63) is 66.7 Å². The number of nitrogens with zero attached hydrogens (tertiary/aromatic N) is 1. The molecule has 1 aliphatic heterocycles. The van der Waals surface area contributed by atoms with Crippen LogP contribution in [0.5, 0.6) is 5.75 Å². The van der Waals surface area contributed by atoms with Gasteiger partial charge in [0.15, 0.2) is 6.61 Å². The smallest absolute Gasteiger partial charge is 0.262 e. The molecule has 0 saturated carbocycles. The summed E-state index contributed by atoms with van der Waals surface area (Å²) in [6.07, 6.45) is 4.22. The molecule has 3 rings (SSSR count). The maximum Gasteiger partial charge on any atom is 0.262 e. The van der Waals surface area contributed by atoms with Crippen molar-refractivity contribution in [2.75, 3.05) is 25.0 Å². The van der Waals surface area contributed by atoms with E-state index in [-0.39, 0.29) is 17.4 Å². The number of carbonyl (C=O) groups excluding carboxylic acids is 1. The van der Waals surface area contributed by atoms with E-state index < -0.39 is 10.0 Å². The Labute approximate surface area is 165 Å². The molecule has 28 heavy (non-hydrogen) atoms. The van der Waals surface area contributed by atoms with Crippen molar-refractivity contribution in [3.63, 3.8) is 0 Å². The first kappa shape index (κ1) is 20.1. The number of sulfonamides is 1. The molecule has 2 aromatic carbocycles. The van der Waals surface area contributed by atoms with E-state index in [2.05, 4.69) is 11.9 Å². The zero-order valence-corrected chi connectivity index (χ0v) is 16.5. The molecular formula is C21H24N2O4S. The summed E-state index contributed by atoms with van der Waals surface area (Å²) in [6.45, 7) is 4.70. The van der Waals surface area contributed by atoms with Crippen molar-refractivity contribution in [2.45, 2.75) is 24.2 Å². The van der Waals surface area contributed by atoms with Crippen LogP contribution in [0.3, 0.4) is 0 Å². The van der Waals surface area contributed by atoms with Crippen molar-refractivity contribution in [1.29, 1.82) is 0 Å². The lowest BCUT2D eigenvalue weighted by atomic mass is 10.1. The maximum absolute atomic E-state index is 12.5. The molecule has 0 unspecified atom stereocenters. The van der Waals surface area contributed by atoms with E-state index in [1.54, 1.807) is 18.2 Å². The maximum atomic E-state index is 12.5. The molecule has 2 aromatic rings. The third-order valence-corrected chi connectivity index (χ3v) is 6.45. The van der Waals surface area contributed by atoms with Gasteiger partial charge in [0.05, 0.1) is 4.90 Å². The minimum atomic E-state index is -3.45. The highest BCUT2D eigenvalue weighted by atomic mass is 32.2. The number of anilines is 1. The molecule has 0 spiro atoms. The quantitative estimate of drug-likeness (QED) is 0.691. The average Bonchev–Trinajstić information content (AvgIpc) is 3.24. The minimum absolute atomic E-state index is 0.137. The number of nitrogens with one attached hydrogen (secondary N) is 1. The second kappa shape index (κ2) is 9.03. The van der Waals surface area contributed by atoms with Gasteiger partial charge in [0.1, 0.15) is 5.75 Å². The van der Waals surface area contributed by atoms with Gasteiger partial charge in [-0.15, -0.1) is 6.58 Å². The Morgan fingerprint density at radius 1 is 1.11 bits per heavy atom. The summed E-state index contributed by atoms with van der Waals surface area (Å²) in [7, 11) is -3.45. The van der Waals surface area contributed by atoms with Crippen LogP contribution in [0.4, 0.5) is 5.69 Å². The molecule has 1 heterocycles. The van der Waals surface area contributed by atoms with Gasteiger partial charge in [0, 0.05) is 18.8 Å².